The molecule has 2 aromatic carbocycles. The van der Waals surface area contributed by atoms with E-state index in [0.717, 1.165) is 6.42 Å². The Morgan fingerprint density at radius 3 is 2.49 bits per heavy atom. The number of H-pyrrole nitrogens is 1. The first-order valence-electron chi connectivity index (χ1n) is 12.9. The summed E-state index contributed by atoms with van der Waals surface area (Å²) in [5.41, 5.74) is -3.60. The maximum Gasteiger partial charge on any atom is 0.416 e. The normalized spacial score (nSPS) is 16.5. The van der Waals surface area contributed by atoms with E-state index in [1.165, 1.54) is 32.0 Å². The summed E-state index contributed by atoms with van der Waals surface area (Å²) < 4.78 is 68.6. The fraction of sp³-hybridized carbons (Fsp3) is 0.444. The fourth-order valence-electron chi connectivity index (χ4n) is 5.17. The molecule has 1 N–H and O–H groups in total. The van der Waals surface area contributed by atoms with E-state index in [0.29, 0.717) is 36.6 Å². The number of hydrogen-bond donors (Lipinski definition) is 1. The van der Waals surface area contributed by atoms with Crippen LogP contribution in [0.4, 0.5) is 13.2 Å². The standard InChI is InChI=1S/C27H28Cl2F3N3O5S/c1-3-41(39,40)22-7-6-18(28)10-17(22)13-35-25(37)19-11-21(27(30,31)32)20(23(29)24(19)33-26(35)38)14-34-9-8-16(12-34)5-4-15(2)36/h6-7,10-11,16H,3-5,8-9,12-14H2,1-2H3,(H,33,38)/t16-/m1/s1. The summed E-state index contributed by atoms with van der Waals surface area (Å²) in [4.78, 5) is 41.9. The number of Topliss-reactive ketones (excluding diaryl/α,β-unsaturated/α-hetero) is 1. The number of halogens is 5. The molecule has 1 aromatic heterocycles. The molecule has 2 heterocycles. The second kappa shape index (κ2) is 11.9. The zero-order valence-electron chi connectivity index (χ0n) is 22.3. The number of benzene rings is 2. The van der Waals surface area contributed by atoms with Crippen molar-refractivity contribution in [1.29, 1.82) is 0 Å². The predicted octanol–water partition coefficient (Wildman–Crippen LogP) is 5.05. The lowest BCUT2D eigenvalue weighted by Gasteiger charge is -2.22. The maximum atomic E-state index is 14.3. The van der Waals surface area contributed by atoms with Crippen LogP contribution in [0, 0.1) is 5.92 Å². The third-order valence-electron chi connectivity index (χ3n) is 7.35. The van der Waals surface area contributed by atoms with E-state index in [1.807, 2.05) is 0 Å². The van der Waals surface area contributed by atoms with Crippen molar-refractivity contribution in [2.45, 2.75) is 57.3 Å². The Morgan fingerprint density at radius 1 is 1.15 bits per heavy atom. The van der Waals surface area contributed by atoms with Crippen molar-refractivity contribution in [2.75, 3.05) is 18.8 Å². The van der Waals surface area contributed by atoms with Gasteiger partial charge in [0, 0.05) is 24.5 Å². The van der Waals surface area contributed by atoms with Gasteiger partial charge in [-0.2, -0.15) is 13.2 Å². The highest BCUT2D eigenvalue weighted by Crippen LogP contribution is 2.39. The van der Waals surface area contributed by atoms with Crippen LogP contribution < -0.4 is 11.2 Å². The van der Waals surface area contributed by atoms with Crippen molar-refractivity contribution in [2.24, 2.45) is 5.92 Å². The molecule has 1 atom stereocenters. The number of ketones is 1. The van der Waals surface area contributed by atoms with E-state index in [1.54, 1.807) is 4.90 Å². The number of fused-ring (bicyclic) bond motifs is 1. The van der Waals surface area contributed by atoms with Gasteiger partial charge < -0.3 is 9.78 Å². The topological polar surface area (TPSA) is 109 Å². The van der Waals surface area contributed by atoms with E-state index in [4.69, 9.17) is 23.2 Å². The molecule has 3 aromatic rings. The van der Waals surface area contributed by atoms with Gasteiger partial charge in [-0.05, 0) is 67.6 Å². The number of nitrogens with zero attached hydrogens (tertiary/aromatic N) is 2. The highest BCUT2D eigenvalue weighted by molar-refractivity contribution is 7.91. The number of aromatic amines is 1. The highest BCUT2D eigenvalue weighted by Gasteiger charge is 2.37. The molecule has 0 radical (unpaired) electrons. The number of sulfone groups is 1. The summed E-state index contributed by atoms with van der Waals surface area (Å²) in [5.74, 6) is -0.0483. The largest absolute Gasteiger partial charge is 0.416 e. The lowest BCUT2D eigenvalue weighted by molar-refractivity contribution is -0.138. The van der Waals surface area contributed by atoms with Crippen LogP contribution in [0.15, 0.2) is 38.8 Å². The van der Waals surface area contributed by atoms with Gasteiger partial charge in [0.25, 0.3) is 5.56 Å². The molecule has 0 amide bonds. The van der Waals surface area contributed by atoms with Crippen LogP contribution in [0.25, 0.3) is 10.9 Å². The lowest BCUT2D eigenvalue weighted by Crippen LogP contribution is -2.36. The van der Waals surface area contributed by atoms with E-state index >= 15 is 0 Å². The summed E-state index contributed by atoms with van der Waals surface area (Å²) in [6.45, 7) is 3.21. The number of nitrogens with one attached hydrogen (secondary N) is 1. The van der Waals surface area contributed by atoms with E-state index in [-0.39, 0.29) is 55.6 Å². The number of carbonyl (C=O) groups is 1. The molecular weight excluding hydrogens is 606 g/mol. The Labute approximate surface area is 244 Å². The molecule has 14 heteroatoms. The SMILES string of the molecule is CCS(=O)(=O)c1ccc(Cl)cc1Cn1c(=O)[nH]c2c(Cl)c(CN3CC[C@@H](CCC(C)=O)C3)c(C(F)(F)F)cc2c1=O. The third kappa shape index (κ3) is 6.71. The number of alkyl halides is 3. The van der Waals surface area contributed by atoms with Gasteiger partial charge in [0.15, 0.2) is 9.84 Å². The molecular formula is C27H28Cl2F3N3O5S. The van der Waals surface area contributed by atoms with E-state index in [9.17, 15) is 36.0 Å². The first kappa shape index (κ1) is 31.3. The zero-order chi connectivity index (χ0) is 30.3. The second-order valence-electron chi connectivity index (χ2n) is 10.2. The first-order valence-corrected chi connectivity index (χ1v) is 15.3. The number of aromatic nitrogens is 2. The van der Waals surface area contributed by atoms with Crippen LogP contribution in [-0.4, -0.2) is 47.5 Å². The van der Waals surface area contributed by atoms with Crippen molar-refractivity contribution >= 4 is 49.7 Å². The minimum Gasteiger partial charge on any atom is -0.305 e. The van der Waals surface area contributed by atoms with Gasteiger partial charge in [0.1, 0.15) is 5.78 Å². The Kier molecular flexibility index (Phi) is 9.08. The number of rotatable bonds is 9. The molecule has 1 fully saturated rings. The minimum absolute atomic E-state index is 0.0402. The lowest BCUT2D eigenvalue weighted by atomic mass is 10.0. The van der Waals surface area contributed by atoms with Gasteiger partial charge in [-0.1, -0.05) is 30.1 Å². The van der Waals surface area contributed by atoms with Crippen molar-refractivity contribution < 1.29 is 26.4 Å². The number of hydrogen-bond acceptors (Lipinski definition) is 6. The molecule has 1 saturated heterocycles. The van der Waals surface area contributed by atoms with Gasteiger partial charge in [0.2, 0.25) is 0 Å². The average Bonchev–Trinajstić information content (AvgIpc) is 3.34. The van der Waals surface area contributed by atoms with Crippen molar-refractivity contribution in [3.05, 3.63) is 71.8 Å². The Bertz CT molecular complexity index is 1740. The summed E-state index contributed by atoms with van der Waals surface area (Å²) in [6.07, 6.45) is -3.09. The second-order valence-corrected chi connectivity index (χ2v) is 13.3. The molecule has 0 aliphatic carbocycles. The van der Waals surface area contributed by atoms with Crippen LogP contribution in [0.1, 0.15) is 49.8 Å². The average molecular weight is 635 g/mol. The quantitative estimate of drug-likeness (QED) is 0.353. The third-order valence-corrected chi connectivity index (χ3v) is 9.83. The molecule has 0 saturated carbocycles. The van der Waals surface area contributed by atoms with Crippen LogP contribution in [0.2, 0.25) is 10.0 Å². The van der Waals surface area contributed by atoms with Crippen LogP contribution >= 0.6 is 23.2 Å². The van der Waals surface area contributed by atoms with Crippen LogP contribution in [0.3, 0.4) is 0 Å². The summed E-state index contributed by atoms with van der Waals surface area (Å²) in [5, 5.41) is -0.702. The van der Waals surface area contributed by atoms with Crippen molar-refractivity contribution in [3.63, 3.8) is 0 Å². The molecule has 0 unspecified atom stereocenters. The maximum absolute atomic E-state index is 14.3. The van der Waals surface area contributed by atoms with E-state index in [2.05, 4.69) is 4.98 Å². The monoisotopic (exact) mass is 633 g/mol. The van der Waals surface area contributed by atoms with Gasteiger partial charge in [-0.3, -0.25) is 14.3 Å². The number of likely N-dealkylation sites (tertiary alicyclic amines) is 1. The van der Waals surface area contributed by atoms with Gasteiger partial charge >= 0.3 is 11.9 Å². The van der Waals surface area contributed by atoms with Gasteiger partial charge in [-0.15, -0.1) is 0 Å². The molecule has 8 nitrogen and oxygen atoms in total. The molecule has 4 rings (SSSR count). The summed E-state index contributed by atoms with van der Waals surface area (Å²) >= 11 is 12.5. The van der Waals surface area contributed by atoms with Crippen LogP contribution in [0.5, 0.6) is 0 Å². The van der Waals surface area contributed by atoms with E-state index < -0.39 is 44.8 Å². The Morgan fingerprint density at radius 2 is 1.85 bits per heavy atom. The molecule has 0 spiro atoms. The van der Waals surface area contributed by atoms with Crippen LogP contribution in [-0.2, 0) is 33.9 Å². The van der Waals surface area contributed by atoms with Gasteiger partial charge in [0.05, 0.1) is 38.7 Å². The summed E-state index contributed by atoms with van der Waals surface area (Å²) in [7, 11) is -3.77. The Balaban J connectivity index is 1.80. The molecule has 41 heavy (non-hydrogen) atoms. The summed E-state index contributed by atoms with van der Waals surface area (Å²) in [6, 6.07) is 4.57. The first-order chi connectivity index (χ1) is 19.1. The highest BCUT2D eigenvalue weighted by atomic mass is 35.5. The van der Waals surface area contributed by atoms with Crippen molar-refractivity contribution in [3.8, 4) is 0 Å². The molecule has 222 valence electrons. The molecule has 0 bridgehead atoms. The minimum atomic E-state index is -4.86. The molecule has 1 aliphatic rings. The zero-order valence-corrected chi connectivity index (χ0v) is 24.6. The Hall–Kier alpha value is -2.67. The van der Waals surface area contributed by atoms with Gasteiger partial charge in [-0.25, -0.2) is 13.2 Å². The smallest absolute Gasteiger partial charge is 0.305 e. The molecule has 1 aliphatic heterocycles. The number of carbonyl (C=O) groups excluding carboxylic acids is 1. The fourth-order valence-corrected chi connectivity index (χ4v) is 6.78. The van der Waals surface area contributed by atoms with Crippen molar-refractivity contribution in [1.82, 2.24) is 14.5 Å². The predicted molar refractivity (Wildman–Crippen MR) is 150 cm³/mol.